The molecule has 0 unspecified atom stereocenters. The second-order valence-electron chi connectivity index (χ2n) is 2.56. The molecule has 2 aromatic rings. The number of halogens is 1. The van der Waals surface area contributed by atoms with Crippen LogP contribution in [0.5, 0.6) is 0 Å². The van der Waals surface area contributed by atoms with Gasteiger partial charge in [0.05, 0.1) is 10.2 Å². The third kappa shape index (κ3) is 1.85. The molecule has 2 rings (SSSR count). The van der Waals surface area contributed by atoms with Crippen LogP contribution >= 0.6 is 27.3 Å². The maximum absolute atomic E-state index is 10.4. The van der Waals surface area contributed by atoms with Crippen LogP contribution in [0.2, 0.25) is 0 Å². The van der Waals surface area contributed by atoms with Crippen LogP contribution in [0.15, 0.2) is 22.7 Å². The minimum Gasteiger partial charge on any atom is -0.465 e. The predicted octanol–water partition coefficient (Wildman–Crippen LogP) is 3.15. The summed E-state index contributed by atoms with van der Waals surface area (Å²) in [4.78, 5) is 14.5. The Balaban J connectivity index is 2.46. The lowest BCUT2D eigenvalue weighted by molar-refractivity contribution is 0.210. The molecule has 14 heavy (non-hydrogen) atoms. The number of thiazole rings is 1. The lowest BCUT2D eigenvalue weighted by atomic mass is 10.3. The molecule has 0 aliphatic rings. The Kier molecular flexibility index (Phi) is 2.39. The highest BCUT2D eigenvalue weighted by molar-refractivity contribution is 9.10. The van der Waals surface area contributed by atoms with Crippen LogP contribution < -0.4 is 5.32 Å². The number of amides is 1. The molecule has 0 radical (unpaired) electrons. The van der Waals surface area contributed by atoms with Crippen LogP contribution in [-0.4, -0.2) is 16.2 Å². The first-order valence-electron chi connectivity index (χ1n) is 3.71. The molecule has 1 aromatic carbocycles. The Morgan fingerprint density at radius 3 is 3.07 bits per heavy atom. The summed E-state index contributed by atoms with van der Waals surface area (Å²) in [6.45, 7) is 0. The number of aromatic nitrogens is 1. The van der Waals surface area contributed by atoms with Gasteiger partial charge in [0, 0.05) is 4.47 Å². The topological polar surface area (TPSA) is 62.2 Å². The van der Waals surface area contributed by atoms with E-state index in [2.05, 4.69) is 26.2 Å². The maximum Gasteiger partial charge on any atom is 0.410 e. The smallest absolute Gasteiger partial charge is 0.410 e. The van der Waals surface area contributed by atoms with E-state index in [9.17, 15) is 4.79 Å². The van der Waals surface area contributed by atoms with Crippen molar-refractivity contribution in [3.8, 4) is 0 Å². The van der Waals surface area contributed by atoms with Crippen LogP contribution in [0.25, 0.3) is 10.2 Å². The number of carboxylic acid groups (broad SMARTS) is 1. The first-order valence-corrected chi connectivity index (χ1v) is 5.32. The third-order valence-corrected chi connectivity index (χ3v) is 2.99. The summed E-state index contributed by atoms with van der Waals surface area (Å²) in [6, 6.07) is 5.61. The number of rotatable bonds is 1. The van der Waals surface area contributed by atoms with Crippen molar-refractivity contribution in [3.63, 3.8) is 0 Å². The molecule has 0 fully saturated rings. The molecule has 4 nitrogen and oxygen atoms in total. The second kappa shape index (κ2) is 3.55. The predicted molar refractivity (Wildman–Crippen MR) is 59.0 cm³/mol. The Morgan fingerprint density at radius 2 is 2.36 bits per heavy atom. The average molecular weight is 273 g/mol. The van der Waals surface area contributed by atoms with E-state index in [-0.39, 0.29) is 0 Å². The minimum atomic E-state index is -1.09. The zero-order valence-electron chi connectivity index (χ0n) is 6.82. The number of carbonyl (C=O) groups is 1. The quantitative estimate of drug-likeness (QED) is 0.838. The van der Waals surface area contributed by atoms with Crippen molar-refractivity contribution in [3.05, 3.63) is 22.7 Å². The summed E-state index contributed by atoms with van der Waals surface area (Å²) >= 11 is 4.64. The first kappa shape index (κ1) is 9.42. The van der Waals surface area contributed by atoms with Crippen molar-refractivity contribution < 1.29 is 9.90 Å². The van der Waals surface area contributed by atoms with Crippen LogP contribution in [0.3, 0.4) is 0 Å². The molecule has 6 heteroatoms. The number of fused-ring (bicyclic) bond motifs is 1. The largest absolute Gasteiger partial charge is 0.465 e. The third-order valence-electron chi connectivity index (χ3n) is 1.56. The number of benzene rings is 1. The summed E-state index contributed by atoms with van der Waals surface area (Å²) in [5.74, 6) is 0. The molecule has 72 valence electrons. The minimum absolute atomic E-state index is 0.394. The highest BCUT2D eigenvalue weighted by Crippen LogP contribution is 2.28. The summed E-state index contributed by atoms with van der Waals surface area (Å²) < 4.78 is 1.90. The number of hydrogen-bond acceptors (Lipinski definition) is 3. The van der Waals surface area contributed by atoms with Crippen molar-refractivity contribution in [1.82, 2.24) is 4.98 Å². The fourth-order valence-electron chi connectivity index (χ4n) is 1.04. The highest BCUT2D eigenvalue weighted by atomic mass is 79.9. The van der Waals surface area contributed by atoms with Gasteiger partial charge in [-0.2, -0.15) is 0 Å². The van der Waals surface area contributed by atoms with Gasteiger partial charge in [0.1, 0.15) is 0 Å². The van der Waals surface area contributed by atoms with Gasteiger partial charge in [0.15, 0.2) is 5.13 Å². The van der Waals surface area contributed by atoms with Crippen molar-refractivity contribution in [1.29, 1.82) is 0 Å². The maximum atomic E-state index is 10.4. The lowest BCUT2D eigenvalue weighted by Crippen LogP contribution is -2.06. The molecule has 0 saturated carbocycles. The van der Waals surface area contributed by atoms with Crippen LogP contribution in [0.1, 0.15) is 0 Å². The van der Waals surface area contributed by atoms with Gasteiger partial charge in [-0.25, -0.2) is 9.78 Å². The van der Waals surface area contributed by atoms with Gasteiger partial charge >= 0.3 is 6.09 Å². The Labute approximate surface area is 91.7 Å². The van der Waals surface area contributed by atoms with Crippen molar-refractivity contribution in [2.75, 3.05) is 5.32 Å². The van der Waals surface area contributed by atoms with E-state index in [1.54, 1.807) is 0 Å². The molecule has 0 bridgehead atoms. The Morgan fingerprint density at radius 1 is 1.57 bits per heavy atom. The zero-order valence-corrected chi connectivity index (χ0v) is 9.22. The highest BCUT2D eigenvalue weighted by Gasteiger charge is 2.05. The molecular weight excluding hydrogens is 268 g/mol. The second-order valence-corrected chi connectivity index (χ2v) is 4.51. The Bertz CT molecular complexity index is 497. The number of anilines is 1. The molecule has 1 aromatic heterocycles. The average Bonchev–Trinajstić information content (AvgIpc) is 2.44. The Hall–Kier alpha value is -1.14. The van der Waals surface area contributed by atoms with Gasteiger partial charge in [0.2, 0.25) is 0 Å². The molecule has 0 saturated heterocycles. The SMILES string of the molecule is O=C(O)Nc1nc2ccc(Br)cc2s1. The zero-order chi connectivity index (χ0) is 10.1. The number of nitrogens with one attached hydrogen (secondary N) is 1. The molecule has 2 N–H and O–H groups in total. The molecule has 0 aliphatic heterocycles. The van der Waals surface area contributed by atoms with E-state index >= 15 is 0 Å². The normalized spacial score (nSPS) is 10.4. The number of nitrogens with zero attached hydrogens (tertiary/aromatic N) is 1. The van der Waals surface area contributed by atoms with E-state index in [0.717, 1.165) is 14.7 Å². The van der Waals surface area contributed by atoms with Crippen LogP contribution in [0, 0.1) is 0 Å². The first-order chi connectivity index (χ1) is 6.65. The summed E-state index contributed by atoms with van der Waals surface area (Å²) in [7, 11) is 0. The van der Waals surface area contributed by atoms with E-state index in [1.165, 1.54) is 11.3 Å². The lowest BCUT2D eigenvalue weighted by Gasteiger charge is -1.89. The van der Waals surface area contributed by atoms with Gasteiger partial charge in [-0.15, -0.1) is 0 Å². The van der Waals surface area contributed by atoms with Crippen molar-refractivity contribution in [2.24, 2.45) is 0 Å². The fourth-order valence-corrected chi connectivity index (χ4v) is 2.45. The summed E-state index contributed by atoms with van der Waals surface area (Å²) in [5, 5.41) is 11.1. The van der Waals surface area contributed by atoms with Gasteiger partial charge < -0.3 is 5.11 Å². The fraction of sp³-hybridized carbons (Fsp3) is 0. The molecule has 0 spiro atoms. The summed E-state index contributed by atoms with van der Waals surface area (Å²) in [5.41, 5.74) is 0.793. The molecular formula is C8H5BrN2O2S. The molecule has 0 atom stereocenters. The monoisotopic (exact) mass is 272 g/mol. The summed E-state index contributed by atoms with van der Waals surface area (Å²) in [6.07, 6.45) is -1.09. The van der Waals surface area contributed by atoms with Crippen molar-refractivity contribution in [2.45, 2.75) is 0 Å². The molecule has 0 aliphatic carbocycles. The molecule has 1 heterocycles. The van der Waals surface area contributed by atoms with Crippen LogP contribution in [0.4, 0.5) is 9.93 Å². The standard InChI is InChI=1S/C8H5BrN2O2S/c9-4-1-2-5-6(3-4)14-7(10-5)11-8(12)13/h1-3H,(H,10,11)(H,12,13). The van der Waals surface area contributed by atoms with E-state index < -0.39 is 6.09 Å². The van der Waals surface area contributed by atoms with E-state index in [1.807, 2.05) is 18.2 Å². The van der Waals surface area contributed by atoms with Crippen molar-refractivity contribution >= 4 is 48.7 Å². The molecule has 1 amide bonds. The number of hydrogen-bond donors (Lipinski definition) is 2. The van der Waals surface area contributed by atoms with Gasteiger partial charge in [-0.3, -0.25) is 5.32 Å². The van der Waals surface area contributed by atoms with Gasteiger partial charge in [-0.05, 0) is 18.2 Å². The van der Waals surface area contributed by atoms with E-state index in [4.69, 9.17) is 5.11 Å². The van der Waals surface area contributed by atoms with Gasteiger partial charge in [0.25, 0.3) is 0 Å². The van der Waals surface area contributed by atoms with E-state index in [0.29, 0.717) is 5.13 Å². The van der Waals surface area contributed by atoms with Gasteiger partial charge in [-0.1, -0.05) is 27.3 Å². The van der Waals surface area contributed by atoms with Crippen LogP contribution in [-0.2, 0) is 0 Å².